The van der Waals surface area contributed by atoms with Crippen LogP contribution in [0.5, 0.6) is 11.5 Å². The summed E-state index contributed by atoms with van der Waals surface area (Å²) in [5.41, 5.74) is 7.94. The van der Waals surface area contributed by atoms with E-state index in [0.717, 1.165) is 57.7 Å². The Morgan fingerprint density at radius 2 is 1.18 bits per heavy atom. The van der Waals surface area contributed by atoms with Gasteiger partial charge in [-0.3, -0.25) is 4.90 Å². The van der Waals surface area contributed by atoms with Crippen molar-refractivity contribution in [1.29, 1.82) is 0 Å². The van der Waals surface area contributed by atoms with Crippen molar-refractivity contribution in [3.8, 4) is 11.5 Å². The van der Waals surface area contributed by atoms with Crippen LogP contribution in [0.1, 0.15) is 60.8 Å². The second-order valence-electron chi connectivity index (χ2n) is 10.5. The van der Waals surface area contributed by atoms with Gasteiger partial charge in [0.1, 0.15) is 11.5 Å². The highest BCUT2D eigenvalue weighted by Gasteiger charge is 2.16. The maximum atomic E-state index is 9.76. The van der Waals surface area contributed by atoms with E-state index < -0.39 is 0 Å². The highest BCUT2D eigenvalue weighted by Crippen LogP contribution is 2.37. The van der Waals surface area contributed by atoms with Crippen LogP contribution >= 0.6 is 0 Å². The summed E-state index contributed by atoms with van der Waals surface area (Å²) in [7, 11) is 0. The molecule has 1 N–H and O–H groups in total. The maximum absolute atomic E-state index is 9.76. The number of allylic oxidation sites excluding steroid dienone is 1. The zero-order chi connectivity index (χ0) is 26.7. The Kier molecular flexibility index (Phi) is 9.49. The molecule has 4 aromatic rings. The Morgan fingerprint density at radius 1 is 0.641 bits per heavy atom. The molecule has 0 radical (unpaired) electrons. The number of aromatic hydroxyl groups is 1. The summed E-state index contributed by atoms with van der Waals surface area (Å²) >= 11 is 0. The molecule has 0 spiro atoms. The third kappa shape index (κ3) is 7.84. The first-order chi connectivity index (χ1) is 19.2. The van der Waals surface area contributed by atoms with Gasteiger partial charge in [-0.2, -0.15) is 0 Å². The summed E-state index contributed by atoms with van der Waals surface area (Å²) in [6.07, 6.45) is 6.93. The second-order valence-corrected chi connectivity index (χ2v) is 10.5. The SMILES string of the molecule is Oc1ccc(C(=C2CCCC2)c2ccc(OCCCCN(Cc3ccccc3)Cc3ccccc3)cc2)cc1. The Labute approximate surface area is 233 Å². The summed E-state index contributed by atoms with van der Waals surface area (Å²) in [5.74, 6) is 1.23. The van der Waals surface area contributed by atoms with Crippen LogP contribution in [-0.4, -0.2) is 23.2 Å². The largest absolute Gasteiger partial charge is 0.508 e. The van der Waals surface area contributed by atoms with Gasteiger partial charge >= 0.3 is 0 Å². The molecule has 0 aliphatic heterocycles. The van der Waals surface area contributed by atoms with Gasteiger partial charge in [0.25, 0.3) is 0 Å². The van der Waals surface area contributed by atoms with E-state index in [9.17, 15) is 5.11 Å². The van der Waals surface area contributed by atoms with Gasteiger partial charge in [-0.1, -0.05) is 90.5 Å². The van der Waals surface area contributed by atoms with Gasteiger partial charge in [0.2, 0.25) is 0 Å². The lowest BCUT2D eigenvalue weighted by atomic mass is 9.92. The average Bonchev–Trinajstić information content (AvgIpc) is 3.50. The van der Waals surface area contributed by atoms with Crippen molar-refractivity contribution in [2.45, 2.75) is 51.6 Å². The number of hydrogen-bond donors (Lipinski definition) is 1. The number of hydrogen-bond acceptors (Lipinski definition) is 3. The molecule has 0 atom stereocenters. The highest BCUT2D eigenvalue weighted by atomic mass is 16.5. The number of nitrogens with zero attached hydrogens (tertiary/aromatic N) is 1. The summed E-state index contributed by atoms with van der Waals surface area (Å²) < 4.78 is 6.14. The number of phenolic OH excluding ortho intramolecular Hbond substituents is 1. The predicted octanol–water partition coefficient (Wildman–Crippen LogP) is 8.63. The molecule has 39 heavy (non-hydrogen) atoms. The molecule has 3 heteroatoms. The zero-order valence-corrected chi connectivity index (χ0v) is 22.8. The minimum Gasteiger partial charge on any atom is -0.508 e. The number of unbranched alkanes of at least 4 members (excludes halogenated alkanes) is 1. The van der Waals surface area contributed by atoms with Crippen LogP contribution in [0, 0.1) is 0 Å². The van der Waals surface area contributed by atoms with Gasteiger partial charge in [-0.15, -0.1) is 0 Å². The minimum atomic E-state index is 0.307. The van der Waals surface area contributed by atoms with Crippen molar-refractivity contribution in [3.05, 3.63) is 137 Å². The first-order valence-corrected chi connectivity index (χ1v) is 14.3. The predicted molar refractivity (Wildman–Crippen MR) is 161 cm³/mol. The number of phenols is 1. The molecular weight excluding hydrogens is 478 g/mol. The maximum Gasteiger partial charge on any atom is 0.119 e. The topological polar surface area (TPSA) is 32.7 Å². The number of benzene rings is 4. The van der Waals surface area contributed by atoms with E-state index in [4.69, 9.17) is 4.74 Å². The van der Waals surface area contributed by atoms with Crippen LogP contribution in [0.4, 0.5) is 0 Å². The molecule has 1 fully saturated rings. The van der Waals surface area contributed by atoms with E-state index in [1.54, 1.807) is 12.1 Å². The standard InChI is InChI=1S/C36H39NO2/c38-34-21-17-32(18-22-34)36(31-15-7-8-16-31)33-19-23-35(24-20-33)39-26-10-9-25-37(27-29-11-3-1-4-12-29)28-30-13-5-2-6-14-30/h1-6,11-14,17-24,38H,7-10,15-16,25-28H2. The smallest absolute Gasteiger partial charge is 0.119 e. The zero-order valence-electron chi connectivity index (χ0n) is 22.8. The summed E-state index contributed by atoms with van der Waals surface area (Å²) in [6.45, 7) is 3.67. The number of ether oxygens (including phenoxy) is 1. The Bertz CT molecular complexity index is 1260. The van der Waals surface area contributed by atoms with Gasteiger partial charge in [0, 0.05) is 13.1 Å². The lowest BCUT2D eigenvalue weighted by molar-refractivity contribution is 0.236. The van der Waals surface area contributed by atoms with E-state index in [-0.39, 0.29) is 0 Å². The molecule has 3 nitrogen and oxygen atoms in total. The van der Waals surface area contributed by atoms with Gasteiger partial charge in [-0.25, -0.2) is 0 Å². The molecule has 0 unspecified atom stereocenters. The molecule has 5 rings (SSSR count). The molecule has 1 aliphatic carbocycles. The summed E-state index contributed by atoms with van der Waals surface area (Å²) in [4.78, 5) is 2.53. The van der Waals surface area contributed by atoms with Gasteiger partial charge < -0.3 is 9.84 Å². The van der Waals surface area contributed by atoms with Crippen LogP contribution in [0.2, 0.25) is 0 Å². The molecule has 0 aromatic heterocycles. The molecule has 0 bridgehead atoms. The summed E-state index contributed by atoms with van der Waals surface area (Å²) in [5, 5.41) is 9.76. The van der Waals surface area contributed by atoms with Crippen LogP contribution in [0.25, 0.3) is 5.57 Å². The fourth-order valence-corrected chi connectivity index (χ4v) is 5.50. The minimum absolute atomic E-state index is 0.307. The molecule has 4 aromatic carbocycles. The Morgan fingerprint density at radius 3 is 1.74 bits per heavy atom. The van der Waals surface area contributed by atoms with Gasteiger partial charge in [-0.05, 0) is 97.2 Å². The molecular formula is C36H39NO2. The third-order valence-electron chi connectivity index (χ3n) is 7.50. The van der Waals surface area contributed by atoms with E-state index in [1.165, 1.54) is 46.2 Å². The van der Waals surface area contributed by atoms with Crippen molar-refractivity contribution in [2.24, 2.45) is 0 Å². The average molecular weight is 518 g/mol. The van der Waals surface area contributed by atoms with E-state index in [2.05, 4.69) is 89.8 Å². The fourth-order valence-electron chi connectivity index (χ4n) is 5.50. The van der Waals surface area contributed by atoms with Crippen LogP contribution < -0.4 is 4.74 Å². The lowest BCUT2D eigenvalue weighted by Gasteiger charge is -2.22. The molecule has 1 aliphatic rings. The van der Waals surface area contributed by atoms with Crippen molar-refractivity contribution in [2.75, 3.05) is 13.2 Å². The lowest BCUT2D eigenvalue weighted by Crippen LogP contribution is -2.24. The second kappa shape index (κ2) is 13.8. The normalized spacial score (nSPS) is 13.1. The van der Waals surface area contributed by atoms with Crippen molar-refractivity contribution < 1.29 is 9.84 Å². The Balaban J connectivity index is 1.15. The van der Waals surface area contributed by atoms with E-state index in [1.807, 2.05) is 12.1 Å². The molecule has 0 saturated heterocycles. The highest BCUT2D eigenvalue weighted by molar-refractivity contribution is 5.82. The monoisotopic (exact) mass is 517 g/mol. The van der Waals surface area contributed by atoms with Gasteiger partial charge in [0.15, 0.2) is 0 Å². The molecule has 0 heterocycles. The molecule has 0 amide bonds. The molecule has 200 valence electrons. The van der Waals surface area contributed by atoms with Crippen LogP contribution in [0.15, 0.2) is 115 Å². The van der Waals surface area contributed by atoms with Crippen LogP contribution in [0.3, 0.4) is 0 Å². The first-order valence-electron chi connectivity index (χ1n) is 14.3. The summed E-state index contributed by atoms with van der Waals surface area (Å²) in [6, 6.07) is 37.6. The third-order valence-corrected chi connectivity index (χ3v) is 7.50. The number of rotatable bonds is 12. The van der Waals surface area contributed by atoms with Gasteiger partial charge in [0.05, 0.1) is 6.61 Å². The van der Waals surface area contributed by atoms with Crippen molar-refractivity contribution >= 4 is 5.57 Å². The van der Waals surface area contributed by atoms with Crippen molar-refractivity contribution in [3.63, 3.8) is 0 Å². The van der Waals surface area contributed by atoms with Crippen LogP contribution in [-0.2, 0) is 13.1 Å². The molecule has 1 saturated carbocycles. The quantitative estimate of drug-likeness (QED) is 0.191. The first kappa shape index (κ1) is 26.8. The van der Waals surface area contributed by atoms with E-state index >= 15 is 0 Å². The fraction of sp³-hybridized carbons (Fsp3) is 0.278. The Hall–Kier alpha value is -3.82. The van der Waals surface area contributed by atoms with Crippen molar-refractivity contribution in [1.82, 2.24) is 4.90 Å². The van der Waals surface area contributed by atoms with E-state index in [0.29, 0.717) is 5.75 Å².